The second kappa shape index (κ2) is 7.95. The summed E-state index contributed by atoms with van der Waals surface area (Å²) in [4.78, 5) is 25.7. The van der Waals surface area contributed by atoms with Crippen LogP contribution in [-0.4, -0.2) is 13.2 Å². The van der Waals surface area contributed by atoms with Crippen molar-refractivity contribution < 1.29 is 9.47 Å². The van der Waals surface area contributed by atoms with E-state index in [9.17, 15) is 9.59 Å². The molecule has 1 aliphatic rings. The van der Waals surface area contributed by atoms with Crippen LogP contribution in [0.3, 0.4) is 0 Å². The van der Waals surface area contributed by atoms with E-state index in [0.29, 0.717) is 12.2 Å². The van der Waals surface area contributed by atoms with Gasteiger partial charge in [-0.3, -0.25) is 9.59 Å². The second-order valence-electron chi connectivity index (χ2n) is 6.97. The number of ether oxygens (including phenoxy) is 2. The van der Waals surface area contributed by atoms with E-state index in [1.807, 2.05) is 36.4 Å². The van der Waals surface area contributed by atoms with Crippen molar-refractivity contribution in [3.05, 3.63) is 74.0 Å². The predicted octanol–water partition coefficient (Wildman–Crippen LogP) is 4.90. The Morgan fingerprint density at radius 3 is 2.55 bits per heavy atom. The molecular formula is C24H23NO4. The van der Waals surface area contributed by atoms with Gasteiger partial charge >= 0.3 is 0 Å². The van der Waals surface area contributed by atoms with Crippen LogP contribution in [0.2, 0.25) is 0 Å². The minimum Gasteiger partial charge on any atom is -0.489 e. The highest BCUT2D eigenvalue weighted by Crippen LogP contribution is 2.46. The summed E-state index contributed by atoms with van der Waals surface area (Å²) in [6.45, 7) is 5.23. The zero-order valence-electron chi connectivity index (χ0n) is 16.6. The molecule has 5 heteroatoms. The van der Waals surface area contributed by atoms with Gasteiger partial charge in [-0.1, -0.05) is 37.6 Å². The Bertz CT molecular complexity index is 1140. The van der Waals surface area contributed by atoms with E-state index >= 15 is 0 Å². The molecule has 0 spiro atoms. The van der Waals surface area contributed by atoms with E-state index in [0.717, 1.165) is 47.8 Å². The average Bonchev–Trinajstić information content (AvgIpc) is 2.75. The van der Waals surface area contributed by atoms with Gasteiger partial charge in [0.15, 0.2) is 17.2 Å². The summed E-state index contributed by atoms with van der Waals surface area (Å²) < 4.78 is 11.4. The van der Waals surface area contributed by atoms with Crippen LogP contribution in [0, 0.1) is 0 Å². The molecule has 0 saturated heterocycles. The van der Waals surface area contributed by atoms with Gasteiger partial charge in [-0.05, 0) is 49.2 Å². The van der Waals surface area contributed by atoms with Crippen LogP contribution in [0.25, 0.3) is 12.2 Å². The quantitative estimate of drug-likeness (QED) is 0.538. The molecule has 1 heterocycles. The minimum absolute atomic E-state index is 0.155. The average molecular weight is 389 g/mol. The van der Waals surface area contributed by atoms with Gasteiger partial charge in [0.25, 0.3) is 5.43 Å². The normalized spacial score (nSPS) is 12.7. The Kier molecular flexibility index (Phi) is 5.21. The zero-order chi connectivity index (χ0) is 20.4. The zero-order valence-corrected chi connectivity index (χ0v) is 16.6. The lowest BCUT2D eigenvalue weighted by Gasteiger charge is -2.33. The van der Waals surface area contributed by atoms with Crippen molar-refractivity contribution in [3.8, 4) is 17.2 Å². The maximum absolute atomic E-state index is 11.8. The number of nitrogens with zero attached hydrogens (tertiary/aromatic N) is 1. The molecule has 0 aliphatic carbocycles. The largest absolute Gasteiger partial charge is 0.489 e. The molecule has 4 rings (SSSR count). The van der Waals surface area contributed by atoms with Crippen LogP contribution < -0.4 is 25.2 Å². The fraction of sp³-hybridized carbons (Fsp3) is 0.250. The molecule has 1 aliphatic heterocycles. The van der Waals surface area contributed by atoms with E-state index in [2.05, 4.69) is 17.9 Å². The van der Waals surface area contributed by atoms with Gasteiger partial charge in [0.1, 0.15) is 0 Å². The molecule has 0 amide bonds. The molecule has 29 heavy (non-hydrogen) atoms. The second-order valence-corrected chi connectivity index (χ2v) is 6.97. The lowest BCUT2D eigenvalue weighted by atomic mass is 10.1. The molecule has 0 saturated carbocycles. The number of rotatable bonds is 7. The van der Waals surface area contributed by atoms with E-state index in [-0.39, 0.29) is 5.75 Å². The first-order valence-electron chi connectivity index (χ1n) is 9.96. The third-order valence-corrected chi connectivity index (χ3v) is 5.02. The van der Waals surface area contributed by atoms with Crippen molar-refractivity contribution in [1.82, 2.24) is 0 Å². The standard InChI is InChI=1S/C24H23NO4/c1-3-5-14-25-18-8-6-7-9-20(18)29-21-15-16(11-13-19(21)25)10-12-17-22(26)23(27)24(17)28-4-2/h6-13,15H,3-5,14H2,1-2H3/b12-10+. The van der Waals surface area contributed by atoms with E-state index < -0.39 is 10.9 Å². The molecule has 0 fully saturated rings. The van der Waals surface area contributed by atoms with Crippen LogP contribution in [0.1, 0.15) is 37.8 Å². The van der Waals surface area contributed by atoms with Crippen LogP contribution in [-0.2, 0) is 0 Å². The topological polar surface area (TPSA) is 55.8 Å². The van der Waals surface area contributed by atoms with E-state index in [4.69, 9.17) is 9.47 Å². The van der Waals surface area contributed by atoms with Gasteiger partial charge in [-0.2, -0.15) is 0 Å². The lowest BCUT2D eigenvalue weighted by molar-refractivity contribution is 0.332. The molecule has 0 atom stereocenters. The summed E-state index contributed by atoms with van der Waals surface area (Å²) in [5, 5.41) is 0. The summed E-state index contributed by atoms with van der Waals surface area (Å²) in [6, 6.07) is 14.0. The van der Waals surface area contributed by atoms with Crippen molar-refractivity contribution in [2.24, 2.45) is 0 Å². The summed E-state index contributed by atoms with van der Waals surface area (Å²) in [5.41, 5.74) is 2.25. The summed E-state index contributed by atoms with van der Waals surface area (Å²) >= 11 is 0. The van der Waals surface area contributed by atoms with Gasteiger partial charge in [0.05, 0.1) is 23.5 Å². The van der Waals surface area contributed by atoms with Crippen molar-refractivity contribution in [1.29, 1.82) is 0 Å². The molecule has 3 aromatic carbocycles. The van der Waals surface area contributed by atoms with Crippen molar-refractivity contribution in [2.45, 2.75) is 26.7 Å². The number of hydrogen-bond donors (Lipinski definition) is 0. The molecule has 3 aromatic rings. The third kappa shape index (κ3) is 3.44. The summed E-state index contributed by atoms with van der Waals surface area (Å²) in [5.74, 6) is 1.76. The monoisotopic (exact) mass is 389 g/mol. The smallest absolute Gasteiger partial charge is 0.268 e. The number of unbranched alkanes of at least 4 members (excludes halogenated alkanes) is 1. The maximum atomic E-state index is 11.8. The van der Waals surface area contributed by atoms with Crippen molar-refractivity contribution in [3.63, 3.8) is 0 Å². The maximum Gasteiger partial charge on any atom is 0.268 e. The Morgan fingerprint density at radius 2 is 1.76 bits per heavy atom. The molecule has 0 N–H and O–H groups in total. The van der Waals surface area contributed by atoms with Gasteiger partial charge in [0.2, 0.25) is 5.43 Å². The van der Waals surface area contributed by atoms with Crippen LogP contribution in [0.4, 0.5) is 11.4 Å². The first-order valence-corrected chi connectivity index (χ1v) is 9.96. The van der Waals surface area contributed by atoms with Crippen LogP contribution >= 0.6 is 0 Å². The van der Waals surface area contributed by atoms with Gasteiger partial charge in [0, 0.05) is 6.54 Å². The van der Waals surface area contributed by atoms with Gasteiger partial charge in [-0.15, -0.1) is 0 Å². The Morgan fingerprint density at radius 1 is 0.966 bits per heavy atom. The van der Waals surface area contributed by atoms with Gasteiger partial charge < -0.3 is 14.4 Å². The Balaban J connectivity index is 1.65. The molecule has 5 nitrogen and oxygen atoms in total. The molecule has 0 radical (unpaired) electrons. The SMILES string of the molecule is CCCCN1c2ccccc2Oc2cc(/C=C/c3c(OCC)c(=O)c3=O)ccc21. The van der Waals surface area contributed by atoms with Gasteiger partial charge in [-0.25, -0.2) is 0 Å². The lowest BCUT2D eigenvalue weighted by Crippen LogP contribution is -2.35. The first-order chi connectivity index (χ1) is 14.1. The fourth-order valence-electron chi connectivity index (χ4n) is 3.52. The Hall–Kier alpha value is -3.34. The molecule has 0 bridgehead atoms. The Labute approximate surface area is 169 Å². The number of hydrogen-bond acceptors (Lipinski definition) is 5. The summed E-state index contributed by atoms with van der Waals surface area (Å²) in [6.07, 6.45) is 5.64. The minimum atomic E-state index is -0.552. The highest BCUT2D eigenvalue weighted by Gasteiger charge is 2.24. The molecule has 148 valence electrons. The molecule has 0 aromatic heterocycles. The number of anilines is 2. The van der Waals surface area contributed by atoms with E-state index in [1.165, 1.54) is 0 Å². The molecule has 0 unspecified atom stereocenters. The first kappa shape index (κ1) is 19.0. The number of benzene rings is 2. The highest BCUT2D eigenvalue weighted by molar-refractivity contribution is 5.81. The number of fused-ring (bicyclic) bond motifs is 2. The van der Waals surface area contributed by atoms with Crippen molar-refractivity contribution in [2.75, 3.05) is 18.1 Å². The molecular weight excluding hydrogens is 366 g/mol. The summed E-state index contributed by atoms with van der Waals surface area (Å²) in [7, 11) is 0. The number of para-hydroxylation sites is 2. The fourth-order valence-corrected chi connectivity index (χ4v) is 3.52. The van der Waals surface area contributed by atoms with Crippen LogP contribution in [0.5, 0.6) is 17.2 Å². The van der Waals surface area contributed by atoms with Crippen LogP contribution in [0.15, 0.2) is 52.1 Å². The highest BCUT2D eigenvalue weighted by atomic mass is 16.5. The third-order valence-electron chi connectivity index (χ3n) is 5.02. The van der Waals surface area contributed by atoms with E-state index in [1.54, 1.807) is 19.1 Å². The predicted molar refractivity (Wildman–Crippen MR) is 116 cm³/mol. The van der Waals surface area contributed by atoms with Crippen molar-refractivity contribution >= 4 is 23.5 Å².